The second-order valence-electron chi connectivity index (χ2n) is 3.90. The van der Waals surface area contributed by atoms with E-state index in [0.29, 0.717) is 6.04 Å². The Morgan fingerprint density at radius 1 is 1.53 bits per heavy atom. The van der Waals surface area contributed by atoms with Gasteiger partial charge in [-0.1, -0.05) is 6.07 Å². The summed E-state index contributed by atoms with van der Waals surface area (Å²) in [4.78, 5) is 1.40. The van der Waals surface area contributed by atoms with Crippen LogP contribution in [0.15, 0.2) is 17.5 Å². The molecular formula is C11H19NOS2. The Bertz CT molecular complexity index is 298. The third-order valence-corrected chi connectivity index (χ3v) is 4.61. The van der Waals surface area contributed by atoms with Gasteiger partial charge in [0, 0.05) is 39.8 Å². The monoisotopic (exact) mass is 245 g/mol. The molecule has 0 aliphatic carbocycles. The van der Waals surface area contributed by atoms with Gasteiger partial charge in [-0.25, -0.2) is 0 Å². The molecule has 1 rings (SSSR count). The summed E-state index contributed by atoms with van der Waals surface area (Å²) < 4.78 is 11.1. The molecule has 1 N–H and O–H groups in total. The first-order chi connectivity index (χ1) is 7.09. The average molecular weight is 245 g/mol. The maximum atomic E-state index is 11.1. The highest BCUT2D eigenvalue weighted by atomic mass is 32.2. The molecule has 0 fully saturated rings. The highest BCUT2D eigenvalue weighted by Crippen LogP contribution is 2.10. The van der Waals surface area contributed by atoms with Crippen molar-refractivity contribution in [1.82, 2.24) is 5.32 Å². The maximum absolute atomic E-state index is 11.1. The second kappa shape index (κ2) is 6.40. The summed E-state index contributed by atoms with van der Waals surface area (Å²) in [6.07, 6.45) is 2.82. The molecule has 1 heterocycles. The quantitative estimate of drug-likeness (QED) is 0.831. The van der Waals surface area contributed by atoms with Crippen LogP contribution < -0.4 is 5.32 Å². The summed E-state index contributed by atoms with van der Waals surface area (Å²) in [5, 5.41) is 5.75. The van der Waals surface area contributed by atoms with Gasteiger partial charge in [0.05, 0.1) is 0 Å². The van der Waals surface area contributed by atoms with Crippen LogP contribution in [-0.2, 0) is 17.2 Å². The molecule has 0 bridgehead atoms. The lowest BCUT2D eigenvalue weighted by Gasteiger charge is -2.15. The molecule has 0 spiro atoms. The standard InChI is InChI=1S/C11H19NOS2/c1-9(7-11-5-4-6-14-11)12-8-10(2)15(3)13/h4-6,9-10,12H,7-8H2,1-3H3. The van der Waals surface area contributed by atoms with Crippen LogP contribution in [0.2, 0.25) is 0 Å². The van der Waals surface area contributed by atoms with Gasteiger partial charge >= 0.3 is 0 Å². The number of rotatable bonds is 6. The Hall–Kier alpha value is -0.190. The first kappa shape index (κ1) is 12.9. The summed E-state index contributed by atoms with van der Waals surface area (Å²) >= 11 is 1.79. The smallest absolute Gasteiger partial charge is 0.0441 e. The van der Waals surface area contributed by atoms with Crippen molar-refractivity contribution in [3.8, 4) is 0 Å². The van der Waals surface area contributed by atoms with Gasteiger partial charge in [-0.15, -0.1) is 11.3 Å². The molecule has 0 aromatic carbocycles. The van der Waals surface area contributed by atoms with Gasteiger partial charge in [-0.2, -0.15) is 0 Å². The topological polar surface area (TPSA) is 29.1 Å². The highest BCUT2D eigenvalue weighted by Gasteiger charge is 2.08. The summed E-state index contributed by atoms with van der Waals surface area (Å²) in [5.74, 6) is 0. The normalized spacial score (nSPS) is 17.3. The van der Waals surface area contributed by atoms with Gasteiger partial charge in [0.15, 0.2) is 0 Å². The van der Waals surface area contributed by atoms with Crippen molar-refractivity contribution in [2.75, 3.05) is 12.8 Å². The molecule has 0 saturated heterocycles. The summed E-state index contributed by atoms with van der Waals surface area (Å²) in [5.41, 5.74) is 0. The Morgan fingerprint density at radius 3 is 2.80 bits per heavy atom. The molecule has 4 heteroatoms. The van der Waals surface area contributed by atoms with Gasteiger partial charge in [-0.3, -0.25) is 4.21 Å². The minimum absolute atomic E-state index is 0.232. The van der Waals surface area contributed by atoms with Crippen LogP contribution in [0.5, 0.6) is 0 Å². The number of nitrogens with one attached hydrogen (secondary N) is 1. The Balaban J connectivity index is 2.25. The van der Waals surface area contributed by atoms with Gasteiger partial charge < -0.3 is 5.32 Å². The number of hydrogen-bond acceptors (Lipinski definition) is 3. The molecule has 0 aliphatic rings. The van der Waals surface area contributed by atoms with Crippen LogP contribution >= 0.6 is 11.3 Å². The molecule has 86 valence electrons. The van der Waals surface area contributed by atoms with E-state index in [1.165, 1.54) is 4.88 Å². The molecule has 0 aliphatic heterocycles. The zero-order valence-electron chi connectivity index (χ0n) is 9.53. The van der Waals surface area contributed by atoms with Gasteiger partial charge in [0.25, 0.3) is 0 Å². The summed E-state index contributed by atoms with van der Waals surface area (Å²) in [7, 11) is -0.725. The lowest BCUT2D eigenvalue weighted by molar-refractivity contribution is 0.546. The van der Waals surface area contributed by atoms with Gasteiger partial charge in [0.1, 0.15) is 0 Å². The van der Waals surface area contributed by atoms with Crippen molar-refractivity contribution in [2.24, 2.45) is 0 Å². The zero-order valence-corrected chi connectivity index (χ0v) is 11.2. The SMILES string of the molecule is CC(Cc1cccs1)NCC(C)S(C)=O. The van der Waals surface area contributed by atoms with E-state index in [9.17, 15) is 4.21 Å². The molecule has 0 radical (unpaired) electrons. The van der Waals surface area contributed by atoms with E-state index in [0.717, 1.165) is 13.0 Å². The predicted molar refractivity (Wildman–Crippen MR) is 69.0 cm³/mol. The average Bonchev–Trinajstić information content (AvgIpc) is 2.66. The predicted octanol–water partition coefficient (Wildman–Crippen LogP) is 2.04. The highest BCUT2D eigenvalue weighted by molar-refractivity contribution is 7.84. The molecular weight excluding hydrogens is 226 g/mol. The van der Waals surface area contributed by atoms with Crippen LogP contribution in [0.4, 0.5) is 0 Å². The number of thiophene rings is 1. The van der Waals surface area contributed by atoms with Crippen LogP contribution in [-0.4, -0.2) is 28.3 Å². The van der Waals surface area contributed by atoms with Crippen molar-refractivity contribution >= 4 is 22.1 Å². The van der Waals surface area contributed by atoms with E-state index < -0.39 is 10.8 Å². The van der Waals surface area contributed by atoms with Crippen molar-refractivity contribution in [1.29, 1.82) is 0 Å². The first-order valence-corrected chi connectivity index (χ1v) is 7.67. The zero-order chi connectivity index (χ0) is 11.3. The molecule has 15 heavy (non-hydrogen) atoms. The maximum Gasteiger partial charge on any atom is 0.0441 e. The third kappa shape index (κ3) is 4.91. The van der Waals surface area contributed by atoms with Crippen LogP contribution in [0.3, 0.4) is 0 Å². The molecule has 3 unspecified atom stereocenters. The van der Waals surface area contributed by atoms with E-state index in [2.05, 4.69) is 29.8 Å². The third-order valence-electron chi connectivity index (χ3n) is 2.41. The molecule has 3 atom stereocenters. The summed E-state index contributed by atoms with van der Waals surface area (Å²) in [6.45, 7) is 5.02. The van der Waals surface area contributed by atoms with Crippen LogP contribution in [0.1, 0.15) is 18.7 Å². The minimum Gasteiger partial charge on any atom is -0.313 e. The van der Waals surface area contributed by atoms with Gasteiger partial charge in [0.2, 0.25) is 0 Å². The second-order valence-corrected chi connectivity index (χ2v) is 6.74. The lowest BCUT2D eigenvalue weighted by Crippen LogP contribution is -2.35. The fourth-order valence-electron chi connectivity index (χ4n) is 1.29. The van der Waals surface area contributed by atoms with E-state index >= 15 is 0 Å². The Labute approximate surface area is 98.6 Å². The van der Waals surface area contributed by atoms with Crippen LogP contribution in [0, 0.1) is 0 Å². The largest absolute Gasteiger partial charge is 0.313 e. The van der Waals surface area contributed by atoms with Crippen molar-refractivity contribution in [3.63, 3.8) is 0 Å². The Morgan fingerprint density at radius 2 is 2.27 bits per heavy atom. The van der Waals surface area contributed by atoms with E-state index in [-0.39, 0.29) is 5.25 Å². The molecule has 0 amide bonds. The van der Waals surface area contributed by atoms with E-state index in [1.807, 2.05) is 6.92 Å². The van der Waals surface area contributed by atoms with E-state index in [4.69, 9.17) is 0 Å². The Kier molecular flexibility index (Phi) is 5.50. The van der Waals surface area contributed by atoms with Crippen molar-refractivity contribution in [3.05, 3.63) is 22.4 Å². The van der Waals surface area contributed by atoms with Gasteiger partial charge in [-0.05, 0) is 31.7 Å². The van der Waals surface area contributed by atoms with E-state index in [1.54, 1.807) is 17.6 Å². The first-order valence-electron chi connectivity index (χ1n) is 5.17. The molecule has 1 aromatic heterocycles. The molecule has 1 aromatic rings. The fourth-order valence-corrected chi connectivity index (χ4v) is 2.45. The molecule has 2 nitrogen and oxygen atoms in total. The molecule has 0 saturated carbocycles. The number of hydrogen-bond donors (Lipinski definition) is 1. The van der Waals surface area contributed by atoms with Crippen molar-refractivity contribution in [2.45, 2.75) is 31.6 Å². The summed E-state index contributed by atoms with van der Waals surface area (Å²) in [6, 6.07) is 4.69. The lowest BCUT2D eigenvalue weighted by atomic mass is 10.2. The fraction of sp³-hybridized carbons (Fsp3) is 0.636. The van der Waals surface area contributed by atoms with Crippen LogP contribution in [0.25, 0.3) is 0 Å². The minimum atomic E-state index is -0.725. The van der Waals surface area contributed by atoms with Crippen molar-refractivity contribution < 1.29 is 4.21 Å².